The monoisotopic (exact) mass is 300 g/mol. The van der Waals surface area contributed by atoms with E-state index in [2.05, 4.69) is 4.98 Å². The number of hydrogen-bond acceptors (Lipinski definition) is 4. The maximum Gasteiger partial charge on any atom is 0.406 e. The molecule has 3 nitrogen and oxygen atoms in total. The van der Waals surface area contributed by atoms with Crippen LogP contribution in [-0.4, -0.2) is 35.9 Å². The summed E-state index contributed by atoms with van der Waals surface area (Å²) in [6.07, 6.45) is -3.73. The van der Waals surface area contributed by atoms with Gasteiger partial charge < -0.3 is 4.90 Å². The molecule has 0 bridgehead atoms. The van der Waals surface area contributed by atoms with Gasteiger partial charge in [0.15, 0.2) is 10.9 Å². The fourth-order valence-corrected chi connectivity index (χ4v) is 2.33. The van der Waals surface area contributed by atoms with Gasteiger partial charge in [0.05, 0.1) is 5.88 Å². The van der Waals surface area contributed by atoms with Crippen molar-refractivity contribution in [3.05, 3.63) is 11.1 Å². The summed E-state index contributed by atoms with van der Waals surface area (Å²) in [4.78, 5) is 16.3. The van der Waals surface area contributed by atoms with E-state index in [9.17, 15) is 18.0 Å². The zero-order chi connectivity index (χ0) is 13.8. The van der Waals surface area contributed by atoms with Crippen molar-refractivity contribution in [2.45, 2.75) is 19.5 Å². The number of hydrogen-bond donors (Lipinski definition) is 0. The molecule has 0 saturated heterocycles. The Labute approximate surface area is 112 Å². The molecule has 0 aliphatic heterocycles. The summed E-state index contributed by atoms with van der Waals surface area (Å²) in [5, 5.41) is 1.63. The van der Waals surface area contributed by atoms with Crippen molar-refractivity contribution >= 4 is 33.9 Å². The zero-order valence-corrected chi connectivity index (χ0v) is 11.2. The molecule has 0 radical (unpaired) electrons. The van der Waals surface area contributed by atoms with E-state index in [0.29, 0.717) is 6.42 Å². The molecular weight excluding hydrogens is 289 g/mol. The number of carbonyl (C=O) groups excluding carboxylic acids is 1. The standard InChI is InChI=1S/C10H12ClF3N2OS/c1-2-3-16(6-10(12,13)14)9-15-7(5-18-9)8(17)4-11/h5H,2-4,6H2,1H3. The van der Waals surface area contributed by atoms with Crippen LogP contribution in [0.4, 0.5) is 18.3 Å². The van der Waals surface area contributed by atoms with Crippen molar-refractivity contribution < 1.29 is 18.0 Å². The predicted octanol–water partition coefficient (Wildman–Crippen LogP) is 3.34. The number of anilines is 1. The minimum absolute atomic E-state index is 0.119. The van der Waals surface area contributed by atoms with Crippen molar-refractivity contribution in [2.24, 2.45) is 0 Å². The predicted molar refractivity (Wildman–Crippen MR) is 65.7 cm³/mol. The molecule has 0 aromatic carbocycles. The van der Waals surface area contributed by atoms with Crippen LogP contribution >= 0.6 is 22.9 Å². The van der Waals surface area contributed by atoms with Gasteiger partial charge in [-0.15, -0.1) is 22.9 Å². The Balaban J connectivity index is 2.85. The fraction of sp³-hybridized carbons (Fsp3) is 0.600. The fourth-order valence-electron chi connectivity index (χ4n) is 1.33. The SMILES string of the molecule is CCCN(CC(F)(F)F)c1nc(C(=O)CCl)cs1. The lowest BCUT2D eigenvalue weighted by atomic mass is 10.3. The van der Waals surface area contributed by atoms with Crippen molar-refractivity contribution in [3.63, 3.8) is 0 Å². The molecule has 102 valence electrons. The average Bonchev–Trinajstić information content (AvgIpc) is 2.75. The van der Waals surface area contributed by atoms with Crippen molar-refractivity contribution in [2.75, 3.05) is 23.9 Å². The Morgan fingerprint density at radius 1 is 1.56 bits per heavy atom. The maximum atomic E-state index is 12.4. The quantitative estimate of drug-likeness (QED) is 0.597. The molecule has 1 rings (SSSR count). The van der Waals surface area contributed by atoms with Crippen LogP contribution < -0.4 is 4.90 Å². The van der Waals surface area contributed by atoms with E-state index in [1.54, 1.807) is 6.92 Å². The molecule has 0 saturated carbocycles. The summed E-state index contributed by atoms with van der Waals surface area (Å²) >= 11 is 6.38. The molecule has 0 atom stereocenters. The van der Waals surface area contributed by atoms with E-state index >= 15 is 0 Å². The number of nitrogens with zero attached hydrogens (tertiary/aromatic N) is 2. The van der Waals surface area contributed by atoms with Crippen molar-refractivity contribution in [1.29, 1.82) is 0 Å². The van der Waals surface area contributed by atoms with E-state index in [1.807, 2.05) is 0 Å². The number of Topliss-reactive ketones (excluding diaryl/α,β-unsaturated/α-hetero) is 1. The summed E-state index contributed by atoms with van der Waals surface area (Å²) in [6.45, 7) is 0.951. The summed E-state index contributed by atoms with van der Waals surface area (Å²) in [6, 6.07) is 0. The van der Waals surface area contributed by atoms with Crippen LogP contribution in [0, 0.1) is 0 Å². The first-order valence-electron chi connectivity index (χ1n) is 5.23. The highest BCUT2D eigenvalue weighted by Crippen LogP contribution is 2.25. The van der Waals surface area contributed by atoms with Crippen LogP contribution in [0.3, 0.4) is 0 Å². The molecule has 18 heavy (non-hydrogen) atoms. The Morgan fingerprint density at radius 3 is 2.72 bits per heavy atom. The first-order chi connectivity index (χ1) is 8.37. The third kappa shape index (κ3) is 4.45. The second kappa shape index (κ2) is 6.38. The number of carbonyl (C=O) groups is 1. The molecule has 0 amide bonds. The molecule has 0 spiro atoms. The van der Waals surface area contributed by atoms with Gasteiger partial charge in [0.25, 0.3) is 0 Å². The lowest BCUT2D eigenvalue weighted by Crippen LogP contribution is -2.34. The van der Waals surface area contributed by atoms with Crippen LogP contribution in [0.5, 0.6) is 0 Å². The summed E-state index contributed by atoms with van der Waals surface area (Å²) < 4.78 is 37.2. The molecule has 0 unspecified atom stereocenters. The molecule has 0 aliphatic carbocycles. The average molecular weight is 301 g/mol. The highest BCUT2D eigenvalue weighted by molar-refractivity contribution is 7.14. The van der Waals surface area contributed by atoms with Gasteiger partial charge in [0, 0.05) is 11.9 Å². The van der Waals surface area contributed by atoms with Gasteiger partial charge in [0.1, 0.15) is 12.2 Å². The number of alkyl halides is 4. The number of thiazole rings is 1. The molecular formula is C10H12ClF3N2OS. The number of ketones is 1. The van der Waals surface area contributed by atoms with E-state index < -0.39 is 12.7 Å². The van der Waals surface area contributed by atoms with Crippen molar-refractivity contribution in [1.82, 2.24) is 4.98 Å². The first-order valence-corrected chi connectivity index (χ1v) is 6.65. The molecule has 1 aromatic heterocycles. The molecule has 8 heteroatoms. The lowest BCUT2D eigenvalue weighted by molar-refractivity contribution is -0.119. The first kappa shape index (κ1) is 15.2. The van der Waals surface area contributed by atoms with E-state index in [-0.39, 0.29) is 29.0 Å². The van der Waals surface area contributed by atoms with E-state index in [0.717, 1.165) is 16.2 Å². The van der Waals surface area contributed by atoms with Crippen molar-refractivity contribution in [3.8, 4) is 0 Å². The van der Waals surface area contributed by atoms with Crippen LogP contribution in [0.25, 0.3) is 0 Å². The molecule has 0 aliphatic rings. The van der Waals surface area contributed by atoms with Gasteiger partial charge in [-0.1, -0.05) is 6.92 Å². The van der Waals surface area contributed by atoms with Gasteiger partial charge in [-0.25, -0.2) is 4.98 Å². The summed E-state index contributed by atoms with van der Waals surface area (Å²) in [5.74, 6) is -0.612. The maximum absolute atomic E-state index is 12.4. The minimum Gasteiger partial charge on any atom is -0.339 e. The second-order valence-corrected chi connectivity index (χ2v) is 4.71. The molecule has 0 fully saturated rings. The molecule has 0 N–H and O–H groups in total. The Hall–Kier alpha value is -0.820. The van der Waals surface area contributed by atoms with E-state index in [1.165, 1.54) is 5.38 Å². The van der Waals surface area contributed by atoms with Crippen LogP contribution in [0.2, 0.25) is 0 Å². The largest absolute Gasteiger partial charge is 0.406 e. The van der Waals surface area contributed by atoms with Gasteiger partial charge >= 0.3 is 6.18 Å². The van der Waals surface area contributed by atoms with Gasteiger partial charge in [0.2, 0.25) is 0 Å². The third-order valence-electron chi connectivity index (χ3n) is 2.03. The lowest BCUT2D eigenvalue weighted by Gasteiger charge is -2.22. The topological polar surface area (TPSA) is 33.2 Å². The smallest absolute Gasteiger partial charge is 0.339 e. The Morgan fingerprint density at radius 2 is 2.22 bits per heavy atom. The van der Waals surface area contributed by atoms with Gasteiger partial charge in [-0.3, -0.25) is 4.79 Å². The Bertz CT molecular complexity index is 408. The molecule has 1 aromatic rings. The second-order valence-electron chi connectivity index (χ2n) is 3.61. The number of halogens is 4. The number of rotatable bonds is 6. The van der Waals surface area contributed by atoms with Crippen LogP contribution in [0.1, 0.15) is 23.8 Å². The van der Waals surface area contributed by atoms with Gasteiger partial charge in [-0.05, 0) is 6.42 Å². The Kier molecular flexibility index (Phi) is 5.40. The van der Waals surface area contributed by atoms with Crippen LogP contribution in [0.15, 0.2) is 5.38 Å². The minimum atomic E-state index is -4.29. The number of aromatic nitrogens is 1. The van der Waals surface area contributed by atoms with Gasteiger partial charge in [-0.2, -0.15) is 13.2 Å². The summed E-state index contributed by atoms with van der Waals surface area (Å²) in [7, 11) is 0. The highest BCUT2D eigenvalue weighted by Gasteiger charge is 2.31. The molecule has 1 heterocycles. The van der Waals surface area contributed by atoms with Crippen LogP contribution in [-0.2, 0) is 0 Å². The highest BCUT2D eigenvalue weighted by atomic mass is 35.5. The van der Waals surface area contributed by atoms with E-state index in [4.69, 9.17) is 11.6 Å². The third-order valence-corrected chi connectivity index (χ3v) is 3.18. The summed E-state index contributed by atoms with van der Waals surface area (Å²) in [5.41, 5.74) is 0.119. The normalized spacial score (nSPS) is 11.6. The zero-order valence-electron chi connectivity index (χ0n) is 9.63.